The summed E-state index contributed by atoms with van der Waals surface area (Å²) in [6, 6.07) is 5.64. The van der Waals surface area contributed by atoms with E-state index in [4.69, 9.17) is 0 Å². The van der Waals surface area contributed by atoms with Gasteiger partial charge in [-0.3, -0.25) is 0 Å². The smallest absolute Gasteiger partial charge is 0.122 e. The van der Waals surface area contributed by atoms with Gasteiger partial charge < -0.3 is 10.6 Å². The van der Waals surface area contributed by atoms with Gasteiger partial charge in [-0.2, -0.15) is 0 Å². The molecule has 1 heterocycles. The highest BCUT2D eigenvalue weighted by molar-refractivity contribution is 9.10. The molecule has 4 heteroatoms. The molecule has 0 amide bonds. The third kappa shape index (κ3) is 3.69. The van der Waals surface area contributed by atoms with Gasteiger partial charge in [0.25, 0.3) is 0 Å². The van der Waals surface area contributed by atoms with E-state index < -0.39 is 6.17 Å². The van der Waals surface area contributed by atoms with Gasteiger partial charge in [0.15, 0.2) is 0 Å². The van der Waals surface area contributed by atoms with Gasteiger partial charge in [0.2, 0.25) is 0 Å². The second-order valence-electron chi connectivity index (χ2n) is 4.93. The quantitative estimate of drug-likeness (QED) is 0.861. The topological polar surface area (TPSA) is 24.1 Å². The molecule has 2 nitrogen and oxygen atoms in total. The van der Waals surface area contributed by atoms with E-state index in [1.807, 2.05) is 18.2 Å². The molecule has 0 aliphatic carbocycles. The predicted octanol–water partition coefficient (Wildman–Crippen LogP) is 3.89. The van der Waals surface area contributed by atoms with Crippen molar-refractivity contribution in [2.75, 3.05) is 25.0 Å². The van der Waals surface area contributed by atoms with Crippen LogP contribution in [-0.2, 0) is 0 Å². The molecule has 0 spiro atoms. The Labute approximate surface area is 116 Å². The molecule has 0 aromatic heterocycles. The van der Waals surface area contributed by atoms with E-state index >= 15 is 0 Å². The van der Waals surface area contributed by atoms with Crippen LogP contribution in [0.25, 0.3) is 0 Å². The molecule has 0 saturated carbocycles. The monoisotopic (exact) mass is 314 g/mol. The third-order valence-electron chi connectivity index (χ3n) is 3.48. The molecule has 0 radical (unpaired) electrons. The molecule has 1 aliphatic heterocycles. The molecule has 2 atom stereocenters. The van der Waals surface area contributed by atoms with E-state index in [-0.39, 0.29) is 0 Å². The van der Waals surface area contributed by atoms with Crippen LogP contribution >= 0.6 is 15.9 Å². The number of rotatable bonds is 5. The Balaban J connectivity index is 1.85. The summed E-state index contributed by atoms with van der Waals surface area (Å²) in [7, 11) is 0. The minimum atomic E-state index is -0.917. The molecule has 2 unspecified atom stereocenters. The van der Waals surface area contributed by atoms with Crippen molar-refractivity contribution < 1.29 is 4.39 Å². The molecule has 1 aliphatic rings. The average Bonchev–Trinajstić information content (AvgIpc) is 2.84. The van der Waals surface area contributed by atoms with E-state index in [9.17, 15) is 4.39 Å². The molecule has 1 fully saturated rings. The SMILES string of the molecule is CC(F)c1ccc(NCCC2CCNC2)c(Br)c1. The van der Waals surface area contributed by atoms with Gasteiger partial charge in [-0.25, -0.2) is 4.39 Å². The van der Waals surface area contributed by atoms with Crippen molar-refractivity contribution in [2.45, 2.75) is 25.9 Å². The fourth-order valence-corrected chi connectivity index (χ4v) is 2.83. The summed E-state index contributed by atoms with van der Waals surface area (Å²) in [4.78, 5) is 0. The van der Waals surface area contributed by atoms with E-state index in [0.717, 1.165) is 35.7 Å². The molecule has 2 rings (SSSR count). The molecule has 18 heavy (non-hydrogen) atoms. The Kier molecular flexibility index (Phi) is 5.01. The maximum atomic E-state index is 13.2. The molecule has 2 N–H and O–H groups in total. The average molecular weight is 315 g/mol. The summed E-state index contributed by atoms with van der Waals surface area (Å²) < 4.78 is 14.1. The van der Waals surface area contributed by atoms with Gasteiger partial charge in [-0.05, 0) is 72.4 Å². The van der Waals surface area contributed by atoms with E-state index in [1.54, 1.807) is 6.92 Å². The van der Waals surface area contributed by atoms with Gasteiger partial charge in [-0.1, -0.05) is 6.07 Å². The Morgan fingerprint density at radius 3 is 3.00 bits per heavy atom. The standard InChI is InChI=1S/C14H20BrFN2/c1-10(16)12-2-3-14(13(15)8-12)18-7-5-11-4-6-17-9-11/h2-3,8,10-11,17-18H,4-7,9H2,1H3. The first-order valence-electron chi connectivity index (χ1n) is 6.55. The van der Waals surface area contributed by atoms with Crippen molar-refractivity contribution >= 4 is 21.6 Å². The number of alkyl halides is 1. The number of hydrogen-bond acceptors (Lipinski definition) is 2. The van der Waals surface area contributed by atoms with Crippen LogP contribution in [0.4, 0.5) is 10.1 Å². The van der Waals surface area contributed by atoms with E-state index in [2.05, 4.69) is 26.6 Å². The minimum Gasteiger partial charge on any atom is -0.384 e. The van der Waals surface area contributed by atoms with Crippen molar-refractivity contribution in [1.82, 2.24) is 5.32 Å². The van der Waals surface area contributed by atoms with E-state index in [0.29, 0.717) is 5.56 Å². The Bertz CT molecular complexity index is 389. The van der Waals surface area contributed by atoms with Gasteiger partial charge >= 0.3 is 0 Å². The minimum absolute atomic E-state index is 0.715. The van der Waals surface area contributed by atoms with Crippen LogP contribution in [0.3, 0.4) is 0 Å². The van der Waals surface area contributed by atoms with E-state index in [1.165, 1.54) is 12.8 Å². The largest absolute Gasteiger partial charge is 0.384 e. The summed E-state index contributed by atoms with van der Waals surface area (Å²) in [5.74, 6) is 0.793. The van der Waals surface area contributed by atoms with Crippen molar-refractivity contribution in [2.24, 2.45) is 5.92 Å². The number of halogens is 2. The van der Waals surface area contributed by atoms with Crippen LogP contribution in [0.5, 0.6) is 0 Å². The number of benzene rings is 1. The third-order valence-corrected chi connectivity index (χ3v) is 4.14. The fourth-order valence-electron chi connectivity index (χ4n) is 2.29. The first kappa shape index (κ1) is 13.8. The molecule has 1 aromatic carbocycles. The Morgan fingerprint density at radius 1 is 1.56 bits per heavy atom. The highest BCUT2D eigenvalue weighted by Gasteiger charge is 2.13. The zero-order valence-corrected chi connectivity index (χ0v) is 12.3. The molecule has 100 valence electrons. The van der Waals surface area contributed by atoms with Crippen LogP contribution in [0.2, 0.25) is 0 Å². The maximum absolute atomic E-state index is 13.2. The van der Waals surface area contributed by atoms with Crippen LogP contribution in [0.15, 0.2) is 22.7 Å². The zero-order chi connectivity index (χ0) is 13.0. The lowest BCUT2D eigenvalue weighted by Gasteiger charge is -2.13. The lowest BCUT2D eigenvalue weighted by molar-refractivity contribution is 0.374. The lowest BCUT2D eigenvalue weighted by Crippen LogP contribution is -2.12. The maximum Gasteiger partial charge on any atom is 0.122 e. The number of hydrogen-bond donors (Lipinski definition) is 2. The molecular formula is C14H20BrFN2. The van der Waals surface area contributed by atoms with Gasteiger partial charge in [0.05, 0.1) is 0 Å². The van der Waals surface area contributed by atoms with Gasteiger partial charge in [-0.15, -0.1) is 0 Å². The number of anilines is 1. The second-order valence-corrected chi connectivity index (χ2v) is 5.78. The Hall–Kier alpha value is -0.610. The van der Waals surface area contributed by atoms with Crippen molar-refractivity contribution in [1.29, 1.82) is 0 Å². The van der Waals surface area contributed by atoms with Gasteiger partial charge in [0, 0.05) is 16.7 Å². The van der Waals surface area contributed by atoms with Crippen LogP contribution in [0, 0.1) is 5.92 Å². The molecule has 1 saturated heterocycles. The second kappa shape index (κ2) is 6.53. The summed E-state index contributed by atoms with van der Waals surface area (Å²) in [5.41, 5.74) is 1.76. The summed E-state index contributed by atoms with van der Waals surface area (Å²) >= 11 is 3.49. The van der Waals surface area contributed by atoms with Crippen molar-refractivity contribution in [3.05, 3.63) is 28.2 Å². The number of nitrogens with one attached hydrogen (secondary N) is 2. The first-order valence-corrected chi connectivity index (χ1v) is 7.34. The van der Waals surface area contributed by atoms with Crippen LogP contribution in [0.1, 0.15) is 31.5 Å². The summed E-state index contributed by atoms with van der Waals surface area (Å²) in [5, 5.41) is 6.78. The van der Waals surface area contributed by atoms with Crippen LogP contribution in [-0.4, -0.2) is 19.6 Å². The molecular weight excluding hydrogens is 295 g/mol. The van der Waals surface area contributed by atoms with Crippen molar-refractivity contribution in [3.8, 4) is 0 Å². The summed E-state index contributed by atoms with van der Waals surface area (Å²) in [6.45, 7) is 4.82. The lowest BCUT2D eigenvalue weighted by atomic mass is 10.1. The Morgan fingerprint density at radius 2 is 2.39 bits per heavy atom. The zero-order valence-electron chi connectivity index (χ0n) is 10.7. The van der Waals surface area contributed by atoms with Crippen LogP contribution < -0.4 is 10.6 Å². The highest BCUT2D eigenvalue weighted by Crippen LogP contribution is 2.27. The first-order chi connectivity index (χ1) is 8.66. The fraction of sp³-hybridized carbons (Fsp3) is 0.571. The predicted molar refractivity (Wildman–Crippen MR) is 77.7 cm³/mol. The normalized spacial score (nSPS) is 20.9. The molecule has 0 bridgehead atoms. The molecule has 1 aromatic rings. The van der Waals surface area contributed by atoms with Crippen molar-refractivity contribution in [3.63, 3.8) is 0 Å². The highest BCUT2D eigenvalue weighted by atomic mass is 79.9. The van der Waals surface area contributed by atoms with Gasteiger partial charge in [0.1, 0.15) is 6.17 Å². The summed E-state index contributed by atoms with van der Waals surface area (Å²) in [6.07, 6.45) is 1.54.